The monoisotopic (exact) mass is 591 g/mol. The Morgan fingerprint density at radius 3 is 1.69 bits per heavy atom. The first-order chi connectivity index (χ1) is 22.3. The lowest BCUT2D eigenvalue weighted by Crippen LogP contribution is -2.28. The third kappa shape index (κ3) is 3.93. The lowest BCUT2D eigenvalue weighted by Gasteiger charge is -2.35. The molecule has 1 nitrogen and oxygen atoms in total. The highest BCUT2D eigenvalue weighted by atomic mass is 32.1. The summed E-state index contributed by atoms with van der Waals surface area (Å²) in [7, 11) is 0. The van der Waals surface area contributed by atoms with Gasteiger partial charge in [-0.3, -0.25) is 0 Å². The molecule has 0 N–H and O–H groups in total. The number of thiophene rings is 1. The molecule has 0 bridgehead atoms. The Morgan fingerprint density at radius 1 is 0.378 bits per heavy atom. The zero-order chi connectivity index (χ0) is 29.8. The van der Waals surface area contributed by atoms with E-state index in [1.165, 1.54) is 53.6 Å². The number of benzene rings is 7. The number of nitrogens with zero attached hydrogens (tertiary/aromatic N) is 1. The molecule has 0 amide bonds. The van der Waals surface area contributed by atoms with Gasteiger partial charge in [0.1, 0.15) is 0 Å². The zero-order valence-electron chi connectivity index (χ0n) is 24.6. The van der Waals surface area contributed by atoms with Crippen molar-refractivity contribution in [2.24, 2.45) is 0 Å². The van der Waals surface area contributed by atoms with Gasteiger partial charge in [-0.15, -0.1) is 11.3 Å². The van der Waals surface area contributed by atoms with E-state index in [9.17, 15) is 0 Å². The van der Waals surface area contributed by atoms with E-state index in [0.29, 0.717) is 0 Å². The van der Waals surface area contributed by atoms with Crippen LogP contribution in [0.5, 0.6) is 0 Å². The normalized spacial score (nSPS) is 13.1. The first-order valence-corrected chi connectivity index (χ1v) is 16.3. The van der Waals surface area contributed by atoms with Gasteiger partial charge in [0.05, 0.1) is 5.41 Å². The molecular formula is C43H29NS. The van der Waals surface area contributed by atoms with Crippen LogP contribution in [0.15, 0.2) is 176 Å². The molecular weight excluding hydrogens is 563 g/mol. The molecule has 0 unspecified atom stereocenters. The summed E-state index contributed by atoms with van der Waals surface area (Å²) in [4.78, 5) is 2.41. The Balaban J connectivity index is 1.33. The van der Waals surface area contributed by atoms with E-state index >= 15 is 0 Å². The van der Waals surface area contributed by atoms with E-state index in [0.717, 1.165) is 17.1 Å². The molecule has 9 rings (SSSR count). The molecule has 1 aliphatic carbocycles. The predicted octanol–water partition coefficient (Wildman–Crippen LogP) is 11.9. The molecule has 1 aromatic heterocycles. The SMILES string of the molecule is c1ccc(N(c2ccc3c(c2)C(c2ccccc2)(c2ccccc2)c2ccccc2-3)c2ccc3sc4ccccc4c3c2)cc1. The summed E-state index contributed by atoms with van der Waals surface area (Å²) in [6.45, 7) is 0. The lowest BCUT2D eigenvalue weighted by molar-refractivity contribution is 0.768. The summed E-state index contributed by atoms with van der Waals surface area (Å²) < 4.78 is 2.63. The Bertz CT molecular complexity index is 2280. The molecule has 0 radical (unpaired) electrons. The smallest absolute Gasteiger partial charge is 0.0714 e. The number of anilines is 3. The van der Waals surface area contributed by atoms with Crippen LogP contribution >= 0.6 is 11.3 Å². The molecule has 1 heterocycles. The largest absolute Gasteiger partial charge is 0.310 e. The van der Waals surface area contributed by atoms with Crippen LogP contribution < -0.4 is 4.90 Å². The second kappa shape index (κ2) is 10.3. The number of rotatable bonds is 5. The summed E-state index contributed by atoms with van der Waals surface area (Å²) in [5.41, 5.74) is 10.7. The predicted molar refractivity (Wildman–Crippen MR) is 191 cm³/mol. The van der Waals surface area contributed by atoms with Gasteiger partial charge in [-0.1, -0.05) is 127 Å². The van der Waals surface area contributed by atoms with Gasteiger partial charge >= 0.3 is 0 Å². The molecule has 7 aromatic carbocycles. The first kappa shape index (κ1) is 26.0. The van der Waals surface area contributed by atoms with E-state index in [-0.39, 0.29) is 0 Å². The van der Waals surface area contributed by atoms with Gasteiger partial charge in [-0.2, -0.15) is 0 Å². The fourth-order valence-electron chi connectivity index (χ4n) is 7.45. The molecule has 0 spiro atoms. The van der Waals surface area contributed by atoms with Gasteiger partial charge in [0.25, 0.3) is 0 Å². The summed E-state index contributed by atoms with van der Waals surface area (Å²) in [6, 6.07) is 64.5. The minimum atomic E-state index is -0.444. The van der Waals surface area contributed by atoms with Crippen LogP contribution in [0.2, 0.25) is 0 Å². The molecule has 0 atom stereocenters. The number of hydrogen-bond acceptors (Lipinski definition) is 2. The second-order valence-electron chi connectivity index (χ2n) is 11.7. The Morgan fingerprint density at radius 2 is 0.933 bits per heavy atom. The van der Waals surface area contributed by atoms with Crippen molar-refractivity contribution in [3.8, 4) is 11.1 Å². The van der Waals surface area contributed by atoms with Crippen LogP contribution in [0.1, 0.15) is 22.3 Å². The third-order valence-corrected chi connectivity index (χ3v) is 10.5. The molecule has 0 saturated carbocycles. The van der Waals surface area contributed by atoms with E-state index in [1.807, 2.05) is 11.3 Å². The quantitative estimate of drug-likeness (QED) is 0.192. The van der Waals surface area contributed by atoms with Gasteiger partial charge in [-0.25, -0.2) is 0 Å². The first-order valence-electron chi connectivity index (χ1n) is 15.4. The van der Waals surface area contributed by atoms with Crippen LogP contribution in [-0.2, 0) is 5.41 Å². The van der Waals surface area contributed by atoms with Crippen molar-refractivity contribution in [1.29, 1.82) is 0 Å². The molecule has 212 valence electrons. The maximum Gasteiger partial charge on any atom is 0.0714 e. The summed E-state index contributed by atoms with van der Waals surface area (Å²) in [6.07, 6.45) is 0. The van der Waals surface area contributed by atoms with Crippen molar-refractivity contribution in [1.82, 2.24) is 0 Å². The average molecular weight is 592 g/mol. The average Bonchev–Trinajstić information content (AvgIpc) is 3.63. The fraction of sp³-hybridized carbons (Fsp3) is 0.0233. The standard InChI is InChI=1S/C43H29NS/c1-4-14-30(15-5-1)43(31-16-6-2-7-17-31)39-22-12-10-20-35(39)36-26-24-34(29-40(36)43)44(32-18-8-3-9-19-32)33-25-27-42-38(28-33)37-21-11-13-23-41(37)45-42/h1-29H. The summed E-state index contributed by atoms with van der Waals surface area (Å²) in [5.74, 6) is 0. The van der Waals surface area contributed by atoms with Crippen molar-refractivity contribution >= 4 is 48.6 Å². The van der Waals surface area contributed by atoms with Crippen molar-refractivity contribution in [2.75, 3.05) is 4.90 Å². The van der Waals surface area contributed by atoms with Crippen molar-refractivity contribution in [3.05, 3.63) is 198 Å². The van der Waals surface area contributed by atoms with Crippen molar-refractivity contribution in [3.63, 3.8) is 0 Å². The third-order valence-electron chi connectivity index (χ3n) is 9.33. The van der Waals surface area contributed by atoms with Crippen LogP contribution in [0.25, 0.3) is 31.3 Å². The van der Waals surface area contributed by atoms with Crippen LogP contribution in [0.3, 0.4) is 0 Å². The van der Waals surface area contributed by atoms with Gasteiger partial charge in [0, 0.05) is 37.2 Å². The maximum atomic E-state index is 2.44. The number of para-hydroxylation sites is 1. The van der Waals surface area contributed by atoms with Gasteiger partial charge in [-0.05, 0) is 81.9 Å². The molecule has 1 aliphatic rings. The molecule has 45 heavy (non-hydrogen) atoms. The van der Waals surface area contributed by atoms with Crippen LogP contribution in [0.4, 0.5) is 17.1 Å². The zero-order valence-corrected chi connectivity index (χ0v) is 25.4. The molecule has 2 heteroatoms. The minimum absolute atomic E-state index is 0.444. The Labute approximate surface area is 267 Å². The van der Waals surface area contributed by atoms with E-state index < -0.39 is 5.41 Å². The molecule has 0 fully saturated rings. The van der Waals surface area contributed by atoms with Gasteiger partial charge < -0.3 is 4.90 Å². The number of fused-ring (bicyclic) bond motifs is 6. The second-order valence-corrected chi connectivity index (χ2v) is 12.8. The molecule has 0 aliphatic heterocycles. The van der Waals surface area contributed by atoms with E-state index in [4.69, 9.17) is 0 Å². The topological polar surface area (TPSA) is 3.24 Å². The van der Waals surface area contributed by atoms with E-state index in [1.54, 1.807) is 0 Å². The summed E-state index contributed by atoms with van der Waals surface area (Å²) in [5, 5.41) is 2.61. The highest BCUT2D eigenvalue weighted by Crippen LogP contribution is 2.57. The molecule has 8 aromatic rings. The number of hydrogen-bond donors (Lipinski definition) is 0. The minimum Gasteiger partial charge on any atom is -0.310 e. The van der Waals surface area contributed by atoms with Crippen molar-refractivity contribution in [2.45, 2.75) is 5.41 Å². The van der Waals surface area contributed by atoms with Crippen LogP contribution in [-0.4, -0.2) is 0 Å². The maximum absolute atomic E-state index is 2.44. The molecule has 0 saturated heterocycles. The van der Waals surface area contributed by atoms with Gasteiger partial charge in [0.2, 0.25) is 0 Å². The van der Waals surface area contributed by atoms with Crippen molar-refractivity contribution < 1.29 is 0 Å². The van der Waals surface area contributed by atoms with Crippen LogP contribution in [0, 0.1) is 0 Å². The Kier molecular flexibility index (Phi) is 5.97. The lowest BCUT2D eigenvalue weighted by atomic mass is 9.67. The summed E-state index contributed by atoms with van der Waals surface area (Å²) >= 11 is 1.86. The highest BCUT2D eigenvalue weighted by Gasteiger charge is 2.46. The fourth-order valence-corrected chi connectivity index (χ4v) is 8.54. The Hall–Kier alpha value is -5.44. The van der Waals surface area contributed by atoms with Gasteiger partial charge in [0.15, 0.2) is 0 Å². The van der Waals surface area contributed by atoms with E-state index in [2.05, 4.69) is 181 Å². The highest BCUT2D eigenvalue weighted by molar-refractivity contribution is 7.25.